The Morgan fingerprint density at radius 1 is 1.13 bits per heavy atom. The minimum Gasteiger partial charge on any atom is -0.380 e. The molecule has 2 fully saturated rings. The van der Waals surface area contributed by atoms with Gasteiger partial charge in [-0.25, -0.2) is 4.98 Å². The molecule has 30 heavy (non-hydrogen) atoms. The number of aryl methyl sites for hydroxylation is 1. The van der Waals surface area contributed by atoms with Crippen LogP contribution in [0.3, 0.4) is 0 Å². The number of aromatic nitrogens is 1. The molecule has 1 aromatic carbocycles. The van der Waals surface area contributed by atoms with Crippen LogP contribution in [0, 0.1) is 17.7 Å². The molecule has 0 radical (unpaired) electrons. The molecule has 0 bridgehead atoms. The van der Waals surface area contributed by atoms with Gasteiger partial charge in [0.1, 0.15) is 5.82 Å². The molecule has 158 valence electrons. The number of rotatable bonds is 6. The average Bonchev–Trinajstić information content (AvgIpc) is 3.24. The molecule has 1 unspecified atom stereocenters. The van der Waals surface area contributed by atoms with Crippen LogP contribution in [0.1, 0.15) is 37.3 Å². The van der Waals surface area contributed by atoms with Crippen LogP contribution in [-0.2, 0) is 4.74 Å². The van der Waals surface area contributed by atoms with Crippen LogP contribution in [-0.4, -0.2) is 54.8 Å². The second-order valence-electron chi connectivity index (χ2n) is 8.47. The quantitative estimate of drug-likeness (QED) is 0.637. The predicted molar refractivity (Wildman–Crippen MR) is 123 cm³/mol. The van der Waals surface area contributed by atoms with Crippen molar-refractivity contribution in [3.05, 3.63) is 47.5 Å². The molecule has 0 aliphatic carbocycles. The molecule has 0 spiro atoms. The average molecular weight is 406 g/mol. The maximum atomic E-state index is 8.62. The Kier molecular flexibility index (Phi) is 6.25. The van der Waals surface area contributed by atoms with Gasteiger partial charge in [-0.05, 0) is 63.5 Å². The summed E-state index contributed by atoms with van der Waals surface area (Å²) in [5.74, 6) is 0.881. The van der Waals surface area contributed by atoms with Crippen molar-refractivity contribution in [2.45, 2.75) is 45.2 Å². The van der Waals surface area contributed by atoms with Gasteiger partial charge in [0.2, 0.25) is 0 Å². The smallest absolute Gasteiger partial charge is 0.138 e. The van der Waals surface area contributed by atoms with Crippen molar-refractivity contribution in [1.82, 2.24) is 10.3 Å². The zero-order chi connectivity index (χ0) is 21.1. The van der Waals surface area contributed by atoms with Crippen LogP contribution in [0.15, 0.2) is 36.4 Å². The molecule has 2 aromatic rings. The van der Waals surface area contributed by atoms with Crippen LogP contribution in [0.4, 0.5) is 5.82 Å². The standard InChI is InChI=1S/C24H31N5O/c1-16-3-6-23-18(13-16)14-21(22(26)5-4-17(2)25)24(28-23)29-10-7-19(8-11-29)27-20-9-12-30-15-20/h3-6,13-14,19-20,25-27H,7-12,15H2,1-2H3/b5-4-,25-17?,26-22?. The van der Waals surface area contributed by atoms with Crippen LogP contribution >= 0.6 is 0 Å². The summed E-state index contributed by atoms with van der Waals surface area (Å²) < 4.78 is 5.49. The monoisotopic (exact) mass is 405 g/mol. The second kappa shape index (κ2) is 9.06. The van der Waals surface area contributed by atoms with Crippen LogP contribution in [0.25, 0.3) is 10.9 Å². The highest BCUT2D eigenvalue weighted by atomic mass is 16.5. The summed E-state index contributed by atoms with van der Waals surface area (Å²) in [6, 6.07) is 9.35. The summed E-state index contributed by atoms with van der Waals surface area (Å²) in [6.07, 6.45) is 6.61. The lowest BCUT2D eigenvalue weighted by molar-refractivity contribution is 0.186. The number of allylic oxidation sites excluding steroid dienone is 2. The van der Waals surface area contributed by atoms with Gasteiger partial charge in [-0.15, -0.1) is 0 Å². The number of ether oxygens (including phenoxy) is 1. The molecule has 2 aliphatic heterocycles. The first kappa shape index (κ1) is 20.7. The Labute approximate surface area is 178 Å². The molecule has 4 rings (SSSR count). The Balaban J connectivity index is 1.58. The molecular weight excluding hydrogens is 374 g/mol. The first-order chi connectivity index (χ1) is 14.5. The normalized spacial score (nSPS) is 20.3. The maximum Gasteiger partial charge on any atom is 0.138 e. The van der Waals surface area contributed by atoms with E-state index in [1.54, 1.807) is 19.1 Å². The molecule has 2 aliphatic rings. The number of fused-ring (bicyclic) bond motifs is 1. The van der Waals surface area contributed by atoms with E-state index < -0.39 is 0 Å². The molecule has 2 saturated heterocycles. The highest BCUT2D eigenvalue weighted by Crippen LogP contribution is 2.28. The highest BCUT2D eigenvalue weighted by molar-refractivity contribution is 6.13. The SMILES string of the molecule is CC(=N)/C=C\C(=N)c1cc2cc(C)ccc2nc1N1CCC(NC2CCOC2)CC1. The van der Waals surface area contributed by atoms with Crippen LogP contribution in [0.5, 0.6) is 0 Å². The van der Waals surface area contributed by atoms with E-state index in [1.807, 2.05) is 0 Å². The van der Waals surface area contributed by atoms with Crippen molar-refractivity contribution >= 4 is 28.1 Å². The zero-order valence-electron chi connectivity index (χ0n) is 17.9. The summed E-state index contributed by atoms with van der Waals surface area (Å²) in [4.78, 5) is 7.29. The zero-order valence-corrected chi connectivity index (χ0v) is 17.9. The van der Waals surface area contributed by atoms with E-state index >= 15 is 0 Å². The largest absolute Gasteiger partial charge is 0.380 e. The Morgan fingerprint density at radius 2 is 1.93 bits per heavy atom. The van der Waals surface area contributed by atoms with Crippen LogP contribution < -0.4 is 10.2 Å². The predicted octanol–water partition coefficient (Wildman–Crippen LogP) is 3.85. The van der Waals surface area contributed by atoms with Gasteiger partial charge in [-0.2, -0.15) is 0 Å². The third-order valence-corrected chi connectivity index (χ3v) is 5.94. The Bertz CT molecular complexity index is 969. The van der Waals surface area contributed by atoms with Crippen molar-refractivity contribution in [3.8, 4) is 0 Å². The molecule has 3 heterocycles. The van der Waals surface area contributed by atoms with Crippen molar-refractivity contribution in [2.24, 2.45) is 0 Å². The fraction of sp³-hybridized carbons (Fsp3) is 0.458. The van der Waals surface area contributed by atoms with E-state index in [0.29, 0.717) is 23.5 Å². The van der Waals surface area contributed by atoms with E-state index in [-0.39, 0.29) is 0 Å². The number of hydrogen-bond donors (Lipinski definition) is 3. The van der Waals surface area contributed by atoms with Gasteiger partial charge >= 0.3 is 0 Å². The summed E-state index contributed by atoms with van der Waals surface area (Å²) in [7, 11) is 0. The molecule has 6 nitrogen and oxygen atoms in total. The molecule has 3 N–H and O–H groups in total. The lowest BCUT2D eigenvalue weighted by Gasteiger charge is -2.35. The van der Waals surface area contributed by atoms with Crippen molar-refractivity contribution in [3.63, 3.8) is 0 Å². The van der Waals surface area contributed by atoms with Gasteiger partial charge in [0, 0.05) is 48.4 Å². The lowest BCUT2D eigenvalue weighted by Crippen LogP contribution is -2.47. The minimum atomic E-state index is 0.399. The topological polar surface area (TPSA) is 85.1 Å². The third kappa shape index (κ3) is 4.77. The molecule has 1 atom stereocenters. The van der Waals surface area contributed by atoms with Gasteiger partial charge < -0.3 is 25.8 Å². The van der Waals surface area contributed by atoms with Crippen LogP contribution in [0.2, 0.25) is 0 Å². The lowest BCUT2D eigenvalue weighted by atomic mass is 10.0. The van der Waals surface area contributed by atoms with E-state index in [2.05, 4.69) is 41.4 Å². The number of hydrogen-bond acceptors (Lipinski definition) is 6. The van der Waals surface area contributed by atoms with E-state index in [9.17, 15) is 0 Å². The minimum absolute atomic E-state index is 0.399. The van der Waals surface area contributed by atoms with Crippen molar-refractivity contribution in [2.75, 3.05) is 31.2 Å². The van der Waals surface area contributed by atoms with Crippen molar-refractivity contribution < 1.29 is 4.74 Å². The van der Waals surface area contributed by atoms with E-state index in [0.717, 1.165) is 67.8 Å². The summed E-state index contributed by atoms with van der Waals surface area (Å²) in [6.45, 7) is 7.33. The Hall–Kier alpha value is -2.57. The maximum absolute atomic E-state index is 8.62. The molecule has 0 saturated carbocycles. The molecular formula is C24H31N5O. The second-order valence-corrected chi connectivity index (χ2v) is 8.47. The van der Waals surface area contributed by atoms with Crippen molar-refractivity contribution in [1.29, 1.82) is 10.8 Å². The Morgan fingerprint density at radius 3 is 2.63 bits per heavy atom. The first-order valence-corrected chi connectivity index (χ1v) is 10.8. The summed E-state index contributed by atoms with van der Waals surface area (Å²) >= 11 is 0. The fourth-order valence-corrected chi connectivity index (χ4v) is 4.28. The molecule has 1 aromatic heterocycles. The fourth-order valence-electron chi connectivity index (χ4n) is 4.28. The first-order valence-electron chi connectivity index (χ1n) is 10.8. The summed E-state index contributed by atoms with van der Waals surface area (Å²) in [5, 5.41) is 21.1. The van der Waals surface area contributed by atoms with Gasteiger partial charge in [-0.1, -0.05) is 11.6 Å². The van der Waals surface area contributed by atoms with Gasteiger partial charge in [0.25, 0.3) is 0 Å². The van der Waals surface area contributed by atoms with E-state index in [4.69, 9.17) is 20.5 Å². The number of nitrogens with zero attached hydrogens (tertiary/aromatic N) is 2. The third-order valence-electron chi connectivity index (χ3n) is 5.94. The number of anilines is 1. The van der Waals surface area contributed by atoms with Gasteiger partial charge in [0.15, 0.2) is 0 Å². The molecule has 0 amide bonds. The van der Waals surface area contributed by atoms with Gasteiger partial charge in [-0.3, -0.25) is 0 Å². The highest BCUT2D eigenvalue weighted by Gasteiger charge is 2.26. The number of benzene rings is 1. The number of pyridine rings is 1. The van der Waals surface area contributed by atoms with E-state index in [1.165, 1.54) is 5.56 Å². The molecule has 6 heteroatoms. The summed E-state index contributed by atoms with van der Waals surface area (Å²) in [5.41, 5.74) is 3.82. The van der Waals surface area contributed by atoms with Gasteiger partial charge in [0.05, 0.1) is 17.8 Å². The number of piperidine rings is 1. The number of nitrogens with one attached hydrogen (secondary N) is 3.